The van der Waals surface area contributed by atoms with Crippen molar-refractivity contribution >= 4 is 5.97 Å². The fourth-order valence-corrected chi connectivity index (χ4v) is 2.64. The van der Waals surface area contributed by atoms with Gasteiger partial charge in [-0.2, -0.15) is 0 Å². The van der Waals surface area contributed by atoms with Gasteiger partial charge in [-0.25, -0.2) is 4.79 Å². The van der Waals surface area contributed by atoms with Crippen molar-refractivity contribution in [2.24, 2.45) is 0 Å². The van der Waals surface area contributed by atoms with Crippen molar-refractivity contribution in [3.8, 4) is 16.9 Å². The zero-order valence-electron chi connectivity index (χ0n) is 13.9. The summed E-state index contributed by atoms with van der Waals surface area (Å²) in [4.78, 5) is 12.4. The van der Waals surface area contributed by atoms with Gasteiger partial charge in [-0.1, -0.05) is 74.5 Å². The molecule has 2 nitrogen and oxygen atoms in total. The van der Waals surface area contributed by atoms with Gasteiger partial charge < -0.3 is 4.74 Å². The molecule has 0 spiro atoms. The Bertz CT molecular complexity index is 818. The molecule has 0 aliphatic heterocycles. The lowest BCUT2D eigenvalue weighted by atomic mass is 10.0. The summed E-state index contributed by atoms with van der Waals surface area (Å²) in [5.41, 5.74) is 3.79. The van der Waals surface area contributed by atoms with Crippen LogP contribution in [0.5, 0.6) is 5.75 Å². The third kappa shape index (κ3) is 3.54. The summed E-state index contributed by atoms with van der Waals surface area (Å²) in [5, 5.41) is 0. The second-order valence-electron chi connectivity index (χ2n) is 6.03. The molecule has 0 N–H and O–H groups in total. The fourth-order valence-electron chi connectivity index (χ4n) is 2.64. The third-order valence-electron chi connectivity index (χ3n) is 3.97. The Kier molecular flexibility index (Phi) is 4.76. The molecule has 3 aromatic rings. The molecular weight excluding hydrogens is 296 g/mol. The molecule has 24 heavy (non-hydrogen) atoms. The first kappa shape index (κ1) is 16.0. The normalized spacial score (nSPS) is 10.6. The van der Waals surface area contributed by atoms with Crippen LogP contribution in [0, 0.1) is 0 Å². The van der Waals surface area contributed by atoms with Gasteiger partial charge in [-0.15, -0.1) is 0 Å². The standard InChI is InChI=1S/C22H20O2/c1-16(2)20-10-6-7-11-21(20)24-22(23)19-14-12-18(13-15-19)17-8-4-3-5-9-17/h3-16H,1-2H3. The van der Waals surface area contributed by atoms with Crippen molar-refractivity contribution in [3.05, 3.63) is 90.0 Å². The van der Waals surface area contributed by atoms with Gasteiger partial charge in [0.05, 0.1) is 5.56 Å². The van der Waals surface area contributed by atoms with E-state index >= 15 is 0 Å². The fraction of sp³-hybridized carbons (Fsp3) is 0.136. The molecule has 120 valence electrons. The lowest BCUT2D eigenvalue weighted by molar-refractivity contribution is 0.0733. The maximum atomic E-state index is 12.4. The van der Waals surface area contributed by atoms with Gasteiger partial charge in [0.25, 0.3) is 0 Å². The molecule has 0 unspecified atom stereocenters. The van der Waals surface area contributed by atoms with Gasteiger partial charge in [0.1, 0.15) is 5.75 Å². The average Bonchev–Trinajstić information content (AvgIpc) is 2.63. The molecule has 0 aliphatic rings. The SMILES string of the molecule is CC(C)c1ccccc1OC(=O)c1ccc(-c2ccccc2)cc1. The Balaban J connectivity index is 1.79. The molecule has 0 fully saturated rings. The highest BCUT2D eigenvalue weighted by Crippen LogP contribution is 2.27. The molecule has 0 aromatic heterocycles. The van der Waals surface area contributed by atoms with Gasteiger partial charge >= 0.3 is 5.97 Å². The van der Waals surface area contributed by atoms with Crippen molar-refractivity contribution in [1.82, 2.24) is 0 Å². The van der Waals surface area contributed by atoms with E-state index in [2.05, 4.69) is 13.8 Å². The first-order valence-corrected chi connectivity index (χ1v) is 8.12. The van der Waals surface area contributed by atoms with Crippen LogP contribution in [0.3, 0.4) is 0 Å². The summed E-state index contributed by atoms with van der Waals surface area (Å²) in [6.45, 7) is 4.17. The van der Waals surface area contributed by atoms with Crippen LogP contribution in [-0.4, -0.2) is 5.97 Å². The van der Waals surface area contributed by atoms with Crippen LogP contribution in [0.15, 0.2) is 78.9 Å². The van der Waals surface area contributed by atoms with Crippen molar-refractivity contribution in [2.75, 3.05) is 0 Å². The van der Waals surface area contributed by atoms with E-state index in [1.807, 2.05) is 78.9 Å². The number of para-hydroxylation sites is 1. The highest BCUT2D eigenvalue weighted by Gasteiger charge is 2.13. The van der Waals surface area contributed by atoms with E-state index in [0.717, 1.165) is 16.7 Å². The van der Waals surface area contributed by atoms with E-state index in [0.29, 0.717) is 17.2 Å². The Labute approximate surface area is 142 Å². The minimum absolute atomic E-state index is 0.300. The minimum Gasteiger partial charge on any atom is -0.423 e. The van der Waals surface area contributed by atoms with E-state index in [1.54, 1.807) is 0 Å². The topological polar surface area (TPSA) is 26.3 Å². The molecule has 0 atom stereocenters. The highest BCUT2D eigenvalue weighted by molar-refractivity contribution is 5.91. The molecular formula is C22H20O2. The van der Waals surface area contributed by atoms with E-state index in [4.69, 9.17) is 4.74 Å². The third-order valence-corrected chi connectivity index (χ3v) is 3.97. The molecule has 3 rings (SSSR count). The maximum Gasteiger partial charge on any atom is 0.343 e. The van der Waals surface area contributed by atoms with Gasteiger partial charge in [0.2, 0.25) is 0 Å². The van der Waals surface area contributed by atoms with E-state index in [1.165, 1.54) is 0 Å². The van der Waals surface area contributed by atoms with Gasteiger partial charge in [0, 0.05) is 0 Å². The van der Waals surface area contributed by atoms with Crippen molar-refractivity contribution in [1.29, 1.82) is 0 Å². The number of rotatable bonds is 4. The average molecular weight is 316 g/mol. The molecule has 0 bridgehead atoms. The summed E-state index contributed by atoms with van der Waals surface area (Å²) < 4.78 is 5.60. The van der Waals surface area contributed by atoms with Crippen molar-refractivity contribution < 1.29 is 9.53 Å². The zero-order valence-corrected chi connectivity index (χ0v) is 13.9. The van der Waals surface area contributed by atoms with Gasteiger partial charge in [-0.3, -0.25) is 0 Å². The molecule has 3 aromatic carbocycles. The van der Waals surface area contributed by atoms with Gasteiger partial charge in [0.15, 0.2) is 0 Å². The number of hydrogen-bond donors (Lipinski definition) is 0. The summed E-state index contributed by atoms with van der Waals surface area (Å²) in [6.07, 6.45) is 0. The summed E-state index contributed by atoms with van der Waals surface area (Å²) >= 11 is 0. The lowest BCUT2D eigenvalue weighted by Crippen LogP contribution is -2.10. The van der Waals surface area contributed by atoms with Crippen LogP contribution in [0.2, 0.25) is 0 Å². The molecule has 0 heterocycles. The second kappa shape index (κ2) is 7.14. The highest BCUT2D eigenvalue weighted by atomic mass is 16.5. The number of benzene rings is 3. The van der Waals surface area contributed by atoms with Crippen LogP contribution in [0.1, 0.15) is 35.7 Å². The Morgan fingerprint density at radius 1 is 0.750 bits per heavy atom. The predicted molar refractivity (Wildman–Crippen MR) is 97.4 cm³/mol. The van der Waals surface area contributed by atoms with E-state index < -0.39 is 0 Å². The first-order valence-electron chi connectivity index (χ1n) is 8.12. The molecule has 2 heteroatoms. The lowest BCUT2D eigenvalue weighted by Gasteiger charge is -2.12. The number of carbonyl (C=O) groups is 1. The minimum atomic E-state index is -0.331. The van der Waals surface area contributed by atoms with Crippen LogP contribution >= 0.6 is 0 Å². The number of ether oxygens (including phenoxy) is 1. The number of hydrogen-bond acceptors (Lipinski definition) is 2. The van der Waals surface area contributed by atoms with E-state index in [9.17, 15) is 4.79 Å². The van der Waals surface area contributed by atoms with E-state index in [-0.39, 0.29) is 5.97 Å². The Morgan fingerprint density at radius 3 is 2.00 bits per heavy atom. The summed E-state index contributed by atoms with van der Waals surface area (Å²) in [5.74, 6) is 0.599. The predicted octanol–water partition coefficient (Wildman–Crippen LogP) is 5.70. The van der Waals surface area contributed by atoms with Gasteiger partial charge in [-0.05, 0) is 40.8 Å². The largest absolute Gasteiger partial charge is 0.423 e. The first-order chi connectivity index (χ1) is 11.6. The second-order valence-corrected chi connectivity index (χ2v) is 6.03. The summed E-state index contributed by atoms with van der Waals surface area (Å²) in [6, 6.07) is 25.3. The number of esters is 1. The number of carbonyl (C=O) groups excluding carboxylic acids is 1. The van der Waals surface area contributed by atoms with Crippen LogP contribution in [-0.2, 0) is 0 Å². The molecule has 0 aliphatic carbocycles. The van der Waals surface area contributed by atoms with Crippen LogP contribution in [0.25, 0.3) is 11.1 Å². The molecule has 0 radical (unpaired) electrons. The molecule has 0 saturated carbocycles. The Hall–Kier alpha value is -2.87. The zero-order chi connectivity index (χ0) is 16.9. The smallest absolute Gasteiger partial charge is 0.343 e. The molecule has 0 saturated heterocycles. The molecule has 0 amide bonds. The Morgan fingerprint density at radius 2 is 1.33 bits per heavy atom. The quantitative estimate of drug-likeness (QED) is 0.456. The van der Waals surface area contributed by atoms with Crippen LogP contribution in [0.4, 0.5) is 0 Å². The summed E-state index contributed by atoms with van der Waals surface area (Å²) in [7, 11) is 0. The van der Waals surface area contributed by atoms with Crippen molar-refractivity contribution in [2.45, 2.75) is 19.8 Å². The van der Waals surface area contributed by atoms with Crippen LogP contribution < -0.4 is 4.74 Å². The monoisotopic (exact) mass is 316 g/mol. The maximum absolute atomic E-state index is 12.4. The van der Waals surface area contributed by atoms with Crippen molar-refractivity contribution in [3.63, 3.8) is 0 Å².